The Labute approximate surface area is 133 Å². The Bertz CT molecular complexity index is 704. The third-order valence-electron chi connectivity index (χ3n) is 4.02. The number of hydrogen-bond acceptors (Lipinski definition) is 2. The van der Waals surface area contributed by atoms with Crippen molar-refractivity contribution < 1.29 is 9.53 Å². The Balaban J connectivity index is 2.10. The van der Waals surface area contributed by atoms with Gasteiger partial charge in [-0.1, -0.05) is 58.4 Å². The van der Waals surface area contributed by atoms with E-state index in [9.17, 15) is 4.79 Å². The highest BCUT2D eigenvalue weighted by Crippen LogP contribution is 2.44. The van der Waals surface area contributed by atoms with E-state index in [2.05, 4.69) is 46.3 Å². The van der Waals surface area contributed by atoms with Crippen LogP contribution in [0.4, 0.5) is 0 Å². The molecule has 2 nitrogen and oxygen atoms in total. The number of rotatable bonds is 3. The molecule has 1 aliphatic carbocycles. The van der Waals surface area contributed by atoms with E-state index in [1.165, 1.54) is 22.3 Å². The van der Waals surface area contributed by atoms with Crippen LogP contribution in [0.25, 0.3) is 11.1 Å². The molecule has 1 aliphatic rings. The van der Waals surface area contributed by atoms with Gasteiger partial charge in [-0.3, -0.25) is 4.79 Å². The van der Waals surface area contributed by atoms with Gasteiger partial charge in [0.25, 0.3) is 0 Å². The van der Waals surface area contributed by atoms with Crippen LogP contribution in [0.2, 0.25) is 0 Å². The van der Waals surface area contributed by atoms with E-state index >= 15 is 0 Å². The molecule has 0 aliphatic heterocycles. The first kappa shape index (κ1) is 14.3. The van der Waals surface area contributed by atoms with Crippen molar-refractivity contribution in [2.45, 2.75) is 24.6 Å². The summed E-state index contributed by atoms with van der Waals surface area (Å²) >= 11 is 3.58. The van der Waals surface area contributed by atoms with Crippen LogP contribution in [0.5, 0.6) is 0 Å². The van der Waals surface area contributed by atoms with Gasteiger partial charge in [0.15, 0.2) is 0 Å². The second-order valence-corrected chi connectivity index (χ2v) is 6.98. The van der Waals surface area contributed by atoms with E-state index in [1.807, 2.05) is 26.0 Å². The van der Waals surface area contributed by atoms with Crippen molar-refractivity contribution in [2.75, 3.05) is 6.61 Å². The molecule has 108 valence electrons. The van der Waals surface area contributed by atoms with Gasteiger partial charge in [0.1, 0.15) is 4.32 Å². The zero-order chi connectivity index (χ0) is 15.0. The zero-order valence-corrected chi connectivity index (χ0v) is 13.7. The Kier molecular flexibility index (Phi) is 3.62. The summed E-state index contributed by atoms with van der Waals surface area (Å²) in [6.45, 7) is 4.07. The normalized spacial score (nSPS) is 15.0. The van der Waals surface area contributed by atoms with E-state index in [4.69, 9.17) is 4.74 Å². The van der Waals surface area contributed by atoms with Crippen molar-refractivity contribution in [3.8, 4) is 11.1 Å². The van der Waals surface area contributed by atoms with Gasteiger partial charge < -0.3 is 4.74 Å². The van der Waals surface area contributed by atoms with Crippen LogP contribution in [-0.4, -0.2) is 12.6 Å². The molecule has 0 fully saturated rings. The lowest BCUT2D eigenvalue weighted by atomic mass is 9.92. The number of halogens is 1. The number of benzene rings is 2. The van der Waals surface area contributed by atoms with Gasteiger partial charge in [0.2, 0.25) is 0 Å². The number of hydrogen-bond donors (Lipinski definition) is 0. The van der Waals surface area contributed by atoms with Crippen molar-refractivity contribution >= 4 is 21.9 Å². The van der Waals surface area contributed by atoms with E-state index in [1.54, 1.807) is 0 Å². The summed E-state index contributed by atoms with van der Waals surface area (Å²) in [4.78, 5) is 12.3. The monoisotopic (exact) mass is 344 g/mol. The quantitative estimate of drug-likeness (QED) is 0.518. The lowest BCUT2D eigenvalue weighted by Gasteiger charge is -2.23. The van der Waals surface area contributed by atoms with Crippen LogP contribution < -0.4 is 0 Å². The molecule has 0 saturated heterocycles. The molecule has 0 N–H and O–H groups in total. The topological polar surface area (TPSA) is 26.3 Å². The first-order valence-corrected chi connectivity index (χ1v) is 7.91. The summed E-state index contributed by atoms with van der Waals surface area (Å²) in [5.41, 5.74) is 6.01. The summed E-state index contributed by atoms with van der Waals surface area (Å²) in [7, 11) is 0. The standard InChI is InChI=1S/C18H17BrO2/c1-3-21-17(20)18(2,19)16-10-6-9-14-13-8-5-4-7-12(13)11-15(14)16/h4-10H,3,11H2,1-2H3. The molecule has 2 aromatic carbocycles. The van der Waals surface area contributed by atoms with Crippen LogP contribution in [0.15, 0.2) is 42.5 Å². The van der Waals surface area contributed by atoms with Gasteiger partial charge in [-0.15, -0.1) is 0 Å². The molecule has 0 aromatic heterocycles. The van der Waals surface area contributed by atoms with Crippen LogP contribution in [0.1, 0.15) is 30.5 Å². The predicted octanol–water partition coefficient (Wildman–Crippen LogP) is 4.43. The number of alkyl halides is 1. The van der Waals surface area contributed by atoms with Gasteiger partial charge in [0.05, 0.1) is 6.61 Å². The molecule has 3 heteroatoms. The molecule has 1 unspecified atom stereocenters. The highest BCUT2D eigenvalue weighted by molar-refractivity contribution is 9.10. The minimum atomic E-state index is -0.809. The van der Waals surface area contributed by atoms with Crippen LogP contribution in [0, 0.1) is 0 Å². The van der Waals surface area contributed by atoms with Crippen LogP contribution in [0.3, 0.4) is 0 Å². The third kappa shape index (κ3) is 2.30. The van der Waals surface area contributed by atoms with Gasteiger partial charge in [-0.2, -0.15) is 0 Å². The summed E-state index contributed by atoms with van der Waals surface area (Å²) in [6, 6.07) is 14.5. The number of esters is 1. The van der Waals surface area contributed by atoms with Crippen molar-refractivity contribution in [2.24, 2.45) is 0 Å². The molecular formula is C18H17BrO2. The van der Waals surface area contributed by atoms with E-state index in [-0.39, 0.29) is 5.97 Å². The zero-order valence-electron chi connectivity index (χ0n) is 12.2. The Morgan fingerprint density at radius 2 is 1.90 bits per heavy atom. The molecule has 3 rings (SSSR count). The second-order valence-electron chi connectivity index (χ2n) is 5.39. The minimum Gasteiger partial charge on any atom is -0.465 e. The lowest BCUT2D eigenvalue weighted by molar-refractivity contribution is -0.145. The number of ether oxygens (including phenoxy) is 1. The van der Waals surface area contributed by atoms with Crippen LogP contribution >= 0.6 is 15.9 Å². The maximum Gasteiger partial charge on any atom is 0.327 e. The minimum absolute atomic E-state index is 0.241. The third-order valence-corrected chi connectivity index (χ3v) is 4.77. The van der Waals surface area contributed by atoms with E-state index < -0.39 is 4.32 Å². The smallest absolute Gasteiger partial charge is 0.327 e. The van der Waals surface area contributed by atoms with Crippen molar-refractivity contribution in [1.82, 2.24) is 0 Å². The fourth-order valence-electron chi connectivity index (χ4n) is 2.97. The molecule has 0 bridgehead atoms. The lowest BCUT2D eigenvalue weighted by Crippen LogP contribution is -2.29. The summed E-state index contributed by atoms with van der Waals surface area (Å²) in [5.74, 6) is -0.241. The molecule has 1 atom stereocenters. The Hall–Kier alpha value is -1.61. The number of carbonyl (C=O) groups excluding carboxylic acids is 1. The van der Waals surface area contributed by atoms with Gasteiger partial charge in [-0.25, -0.2) is 0 Å². The highest BCUT2D eigenvalue weighted by Gasteiger charge is 2.37. The van der Waals surface area contributed by atoms with Gasteiger partial charge >= 0.3 is 5.97 Å². The number of fused-ring (bicyclic) bond motifs is 3. The summed E-state index contributed by atoms with van der Waals surface area (Å²) in [5, 5.41) is 0. The first-order valence-electron chi connectivity index (χ1n) is 7.12. The highest BCUT2D eigenvalue weighted by atomic mass is 79.9. The van der Waals surface area contributed by atoms with Crippen LogP contribution in [-0.2, 0) is 20.3 Å². The molecule has 0 amide bonds. The molecule has 0 heterocycles. The molecule has 2 aromatic rings. The predicted molar refractivity (Wildman–Crippen MR) is 87.6 cm³/mol. The second kappa shape index (κ2) is 5.30. The summed E-state index contributed by atoms with van der Waals surface area (Å²) < 4.78 is 4.40. The average molecular weight is 345 g/mol. The van der Waals surface area contributed by atoms with Gasteiger partial charge in [-0.05, 0) is 48.1 Å². The largest absolute Gasteiger partial charge is 0.465 e. The van der Waals surface area contributed by atoms with Gasteiger partial charge in [0, 0.05) is 0 Å². The molecule has 0 spiro atoms. The molecule has 21 heavy (non-hydrogen) atoms. The van der Waals surface area contributed by atoms with E-state index in [0.29, 0.717) is 6.61 Å². The van der Waals surface area contributed by atoms with Crippen molar-refractivity contribution in [3.05, 3.63) is 59.2 Å². The average Bonchev–Trinajstić information content (AvgIpc) is 2.85. The fourth-order valence-corrected chi connectivity index (χ4v) is 3.46. The molecular weight excluding hydrogens is 328 g/mol. The molecule has 0 saturated carbocycles. The SMILES string of the molecule is CCOC(=O)C(C)(Br)c1cccc2c1Cc1ccccc1-2. The first-order chi connectivity index (χ1) is 10.1. The Morgan fingerprint density at radius 3 is 2.67 bits per heavy atom. The Morgan fingerprint density at radius 1 is 1.19 bits per heavy atom. The maximum atomic E-state index is 12.3. The fraction of sp³-hybridized carbons (Fsp3) is 0.278. The summed E-state index contributed by atoms with van der Waals surface area (Å²) in [6.07, 6.45) is 0.863. The maximum absolute atomic E-state index is 12.3. The molecule has 0 radical (unpaired) electrons. The van der Waals surface area contributed by atoms with Crippen molar-refractivity contribution in [1.29, 1.82) is 0 Å². The van der Waals surface area contributed by atoms with E-state index in [0.717, 1.165) is 12.0 Å². The number of carbonyl (C=O) groups is 1. The van der Waals surface area contributed by atoms with Crippen molar-refractivity contribution in [3.63, 3.8) is 0 Å².